The minimum absolute atomic E-state index is 0.0378. The summed E-state index contributed by atoms with van der Waals surface area (Å²) < 4.78 is 5.48. The highest BCUT2D eigenvalue weighted by molar-refractivity contribution is 6.30. The molecule has 26 heavy (non-hydrogen) atoms. The Kier molecular flexibility index (Phi) is 4.96. The second kappa shape index (κ2) is 7.37. The molecule has 2 aromatic rings. The average molecular weight is 375 g/mol. The molecule has 1 amide bonds. The molecule has 7 heteroatoms. The number of halogens is 1. The number of hydrogen-bond acceptors (Lipinski definition) is 5. The van der Waals surface area contributed by atoms with Crippen LogP contribution in [-0.4, -0.2) is 52.0 Å². The van der Waals surface area contributed by atoms with E-state index in [1.165, 1.54) is 0 Å². The quantitative estimate of drug-likeness (QED) is 0.819. The lowest BCUT2D eigenvalue weighted by Crippen LogP contribution is -2.36. The topological polar surface area (TPSA) is 62.5 Å². The largest absolute Gasteiger partial charge is 0.338 e. The highest BCUT2D eigenvalue weighted by atomic mass is 35.5. The van der Waals surface area contributed by atoms with Crippen LogP contribution in [0.25, 0.3) is 0 Å². The smallest absolute Gasteiger partial charge is 0.253 e. The van der Waals surface area contributed by atoms with E-state index in [2.05, 4.69) is 22.0 Å². The summed E-state index contributed by atoms with van der Waals surface area (Å²) in [6, 6.07) is 7.21. The maximum absolute atomic E-state index is 12.7. The molecule has 0 radical (unpaired) electrons. The van der Waals surface area contributed by atoms with Gasteiger partial charge < -0.3 is 9.42 Å². The molecule has 2 fully saturated rings. The minimum Gasteiger partial charge on any atom is -0.338 e. The summed E-state index contributed by atoms with van der Waals surface area (Å²) in [6.07, 6.45) is 3.25. The third-order valence-corrected chi connectivity index (χ3v) is 5.43. The van der Waals surface area contributed by atoms with Crippen molar-refractivity contribution in [1.82, 2.24) is 19.9 Å². The van der Waals surface area contributed by atoms with E-state index in [1.54, 1.807) is 12.1 Å². The summed E-state index contributed by atoms with van der Waals surface area (Å²) in [5.41, 5.74) is 0.643. The third-order valence-electron chi connectivity index (χ3n) is 5.19. The Morgan fingerprint density at radius 1 is 1.27 bits per heavy atom. The maximum Gasteiger partial charge on any atom is 0.253 e. The number of rotatable bonds is 4. The Bertz CT molecular complexity index is 789. The fourth-order valence-electron chi connectivity index (χ4n) is 3.41. The van der Waals surface area contributed by atoms with Crippen LogP contribution in [-0.2, 0) is 0 Å². The first-order valence-corrected chi connectivity index (χ1v) is 9.62. The van der Waals surface area contributed by atoms with Crippen molar-refractivity contribution in [1.29, 1.82) is 0 Å². The van der Waals surface area contributed by atoms with Crippen LogP contribution in [0.15, 0.2) is 28.8 Å². The molecule has 6 nitrogen and oxygen atoms in total. The fourth-order valence-corrected chi connectivity index (χ4v) is 3.60. The highest BCUT2D eigenvalue weighted by Gasteiger charge is 2.31. The monoisotopic (exact) mass is 374 g/mol. The molecule has 138 valence electrons. The van der Waals surface area contributed by atoms with Crippen molar-refractivity contribution in [3.63, 3.8) is 0 Å². The van der Waals surface area contributed by atoms with Gasteiger partial charge in [0.25, 0.3) is 5.91 Å². The van der Waals surface area contributed by atoms with Gasteiger partial charge >= 0.3 is 0 Å². The predicted molar refractivity (Wildman–Crippen MR) is 98.2 cm³/mol. The molecule has 2 aliphatic rings. The van der Waals surface area contributed by atoms with Gasteiger partial charge in [-0.15, -0.1) is 0 Å². The molecule has 0 N–H and O–H groups in total. The summed E-state index contributed by atoms with van der Waals surface area (Å²) in [5, 5.41) is 4.71. The van der Waals surface area contributed by atoms with E-state index in [4.69, 9.17) is 16.1 Å². The minimum atomic E-state index is 0.0378. The van der Waals surface area contributed by atoms with Crippen LogP contribution < -0.4 is 0 Å². The molecule has 1 saturated carbocycles. The van der Waals surface area contributed by atoms with Crippen LogP contribution in [0.1, 0.15) is 60.2 Å². The molecule has 1 aliphatic heterocycles. The second-order valence-corrected chi connectivity index (χ2v) is 7.57. The molecule has 1 aromatic heterocycles. The zero-order valence-electron chi connectivity index (χ0n) is 14.9. The van der Waals surface area contributed by atoms with Crippen LogP contribution in [0, 0.1) is 0 Å². The van der Waals surface area contributed by atoms with Crippen molar-refractivity contribution in [3.05, 3.63) is 46.6 Å². The molecule has 1 aliphatic carbocycles. The van der Waals surface area contributed by atoms with E-state index < -0.39 is 0 Å². The average Bonchev–Trinajstić information content (AvgIpc) is 3.43. The summed E-state index contributed by atoms with van der Waals surface area (Å²) >= 11 is 6.02. The Morgan fingerprint density at radius 3 is 2.88 bits per heavy atom. The first kappa shape index (κ1) is 17.5. The van der Waals surface area contributed by atoms with Crippen molar-refractivity contribution in [2.75, 3.05) is 26.2 Å². The summed E-state index contributed by atoms with van der Waals surface area (Å²) in [5.74, 6) is 2.06. The number of carbonyl (C=O) groups is 1. The van der Waals surface area contributed by atoms with E-state index in [0.717, 1.165) is 44.7 Å². The zero-order chi connectivity index (χ0) is 18.1. The van der Waals surface area contributed by atoms with E-state index in [9.17, 15) is 4.79 Å². The van der Waals surface area contributed by atoms with E-state index in [-0.39, 0.29) is 11.9 Å². The zero-order valence-corrected chi connectivity index (χ0v) is 15.7. The highest BCUT2D eigenvalue weighted by Crippen LogP contribution is 2.38. The van der Waals surface area contributed by atoms with Gasteiger partial charge in [-0.3, -0.25) is 9.69 Å². The van der Waals surface area contributed by atoms with Gasteiger partial charge in [-0.2, -0.15) is 4.98 Å². The Morgan fingerprint density at radius 2 is 2.12 bits per heavy atom. The van der Waals surface area contributed by atoms with Crippen molar-refractivity contribution >= 4 is 17.5 Å². The lowest BCUT2D eigenvalue weighted by atomic mass is 10.2. The molecular formula is C19H23ClN4O2. The van der Waals surface area contributed by atoms with Gasteiger partial charge in [-0.05, 0) is 44.4 Å². The first-order valence-electron chi connectivity index (χ1n) is 9.24. The summed E-state index contributed by atoms with van der Waals surface area (Å²) in [4.78, 5) is 21.5. The third kappa shape index (κ3) is 3.76. The van der Waals surface area contributed by atoms with Crippen LogP contribution in [0.2, 0.25) is 5.02 Å². The first-order chi connectivity index (χ1) is 12.6. The van der Waals surface area contributed by atoms with Gasteiger partial charge in [0.15, 0.2) is 5.82 Å². The number of carbonyl (C=O) groups excluding carboxylic acids is 1. The predicted octanol–water partition coefficient (Wildman–Crippen LogP) is 3.51. The molecule has 4 rings (SSSR count). The Hall–Kier alpha value is -1.92. The Labute approximate surface area is 158 Å². The lowest BCUT2D eigenvalue weighted by Gasteiger charge is -2.25. The molecule has 2 heterocycles. The number of hydrogen-bond donors (Lipinski definition) is 0. The SMILES string of the molecule is CC(c1nc(C2CC2)no1)N1CCCN(C(=O)c2cccc(Cl)c2)CC1. The molecule has 1 atom stereocenters. The van der Waals surface area contributed by atoms with E-state index in [0.29, 0.717) is 28.9 Å². The standard InChI is InChI=1S/C19H23ClN4O2/c1-13(18-21-17(22-26-18)14-6-7-14)23-8-3-9-24(11-10-23)19(25)15-4-2-5-16(20)12-15/h2,4-5,12-14H,3,6-11H2,1H3. The van der Waals surface area contributed by atoms with Crippen molar-refractivity contribution in [2.45, 2.75) is 38.1 Å². The lowest BCUT2D eigenvalue weighted by molar-refractivity contribution is 0.0757. The normalized spacial score (nSPS) is 20.0. The maximum atomic E-state index is 12.7. The van der Waals surface area contributed by atoms with Crippen LogP contribution >= 0.6 is 11.6 Å². The summed E-state index contributed by atoms with van der Waals surface area (Å²) in [6.45, 7) is 5.21. The van der Waals surface area contributed by atoms with Crippen molar-refractivity contribution in [2.24, 2.45) is 0 Å². The molecular weight excluding hydrogens is 352 g/mol. The van der Waals surface area contributed by atoms with Crippen molar-refractivity contribution < 1.29 is 9.32 Å². The number of benzene rings is 1. The Balaban J connectivity index is 1.40. The van der Waals surface area contributed by atoms with Gasteiger partial charge in [-0.1, -0.05) is 22.8 Å². The molecule has 0 spiro atoms. The van der Waals surface area contributed by atoms with Crippen LogP contribution in [0.5, 0.6) is 0 Å². The fraction of sp³-hybridized carbons (Fsp3) is 0.526. The van der Waals surface area contributed by atoms with Gasteiger partial charge in [0, 0.05) is 42.7 Å². The number of nitrogens with zero attached hydrogens (tertiary/aromatic N) is 4. The van der Waals surface area contributed by atoms with Crippen LogP contribution in [0.4, 0.5) is 0 Å². The van der Waals surface area contributed by atoms with Gasteiger partial charge in [0.05, 0.1) is 6.04 Å². The van der Waals surface area contributed by atoms with Crippen LogP contribution in [0.3, 0.4) is 0 Å². The summed E-state index contributed by atoms with van der Waals surface area (Å²) in [7, 11) is 0. The molecule has 1 unspecified atom stereocenters. The molecule has 0 bridgehead atoms. The number of aromatic nitrogens is 2. The number of amides is 1. The van der Waals surface area contributed by atoms with Gasteiger partial charge in [-0.25, -0.2) is 0 Å². The molecule has 1 aromatic carbocycles. The molecule has 1 saturated heterocycles. The van der Waals surface area contributed by atoms with Gasteiger partial charge in [0.1, 0.15) is 0 Å². The second-order valence-electron chi connectivity index (χ2n) is 7.13. The van der Waals surface area contributed by atoms with E-state index >= 15 is 0 Å². The van der Waals surface area contributed by atoms with E-state index in [1.807, 2.05) is 17.0 Å². The van der Waals surface area contributed by atoms with Gasteiger partial charge in [0.2, 0.25) is 5.89 Å². The van der Waals surface area contributed by atoms with Crippen molar-refractivity contribution in [3.8, 4) is 0 Å².